The SMILES string of the molecule is CN(C)C(N)=Nc1ccc(C2CCCCC2)cc1. The van der Waals surface area contributed by atoms with Crippen LogP contribution in [0, 0.1) is 0 Å². The van der Waals surface area contributed by atoms with E-state index in [-0.39, 0.29) is 0 Å². The first-order chi connectivity index (χ1) is 8.66. The number of benzene rings is 1. The van der Waals surface area contributed by atoms with Crippen molar-refractivity contribution >= 4 is 11.6 Å². The van der Waals surface area contributed by atoms with Crippen LogP contribution in [0.4, 0.5) is 5.69 Å². The van der Waals surface area contributed by atoms with E-state index < -0.39 is 0 Å². The van der Waals surface area contributed by atoms with Gasteiger partial charge in [-0.25, -0.2) is 4.99 Å². The van der Waals surface area contributed by atoms with Gasteiger partial charge < -0.3 is 10.6 Å². The van der Waals surface area contributed by atoms with E-state index in [1.165, 1.54) is 37.7 Å². The molecule has 0 bridgehead atoms. The Morgan fingerprint density at radius 2 is 1.72 bits per heavy atom. The number of guanidine groups is 1. The van der Waals surface area contributed by atoms with Crippen molar-refractivity contribution in [2.45, 2.75) is 38.0 Å². The molecule has 0 heterocycles. The topological polar surface area (TPSA) is 41.6 Å². The molecule has 1 aliphatic rings. The molecule has 3 heteroatoms. The van der Waals surface area contributed by atoms with Crippen LogP contribution in [-0.4, -0.2) is 25.0 Å². The molecule has 18 heavy (non-hydrogen) atoms. The number of hydrogen-bond acceptors (Lipinski definition) is 1. The summed E-state index contributed by atoms with van der Waals surface area (Å²) in [5.74, 6) is 1.29. The first-order valence-electron chi connectivity index (χ1n) is 6.78. The molecule has 1 aliphatic carbocycles. The molecule has 0 unspecified atom stereocenters. The molecule has 0 amide bonds. The van der Waals surface area contributed by atoms with Gasteiger partial charge in [0.2, 0.25) is 0 Å². The minimum Gasteiger partial charge on any atom is -0.370 e. The molecule has 1 aromatic rings. The van der Waals surface area contributed by atoms with Crippen LogP contribution in [-0.2, 0) is 0 Å². The number of rotatable bonds is 2. The van der Waals surface area contributed by atoms with Crippen LogP contribution >= 0.6 is 0 Å². The molecule has 0 radical (unpaired) electrons. The van der Waals surface area contributed by atoms with E-state index in [2.05, 4.69) is 29.3 Å². The summed E-state index contributed by atoms with van der Waals surface area (Å²) in [5.41, 5.74) is 8.19. The van der Waals surface area contributed by atoms with Gasteiger partial charge in [-0.15, -0.1) is 0 Å². The Labute approximate surface area is 110 Å². The summed E-state index contributed by atoms with van der Waals surface area (Å²) in [5, 5.41) is 0. The summed E-state index contributed by atoms with van der Waals surface area (Å²) in [6.45, 7) is 0. The molecule has 0 aromatic heterocycles. The number of hydrogen-bond donors (Lipinski definition) is 1. The fraction of sp³-hybridized carbons (Fsp3) is 0.533. The summed E-state index contributed by atoms with van der Waals surface area (Å²) in [6.07, 6.45) is 6.82. The van der Waals surface area contributed by atoms with Crippen molar-refractivity contribution in [2.24, 2.45) is 10.7 Å². The van der Waals surface area contributed by atoms with Gasteiger partial charge in [0, 0.05) is 14.1 Å². The monoisotopic (exact) mass is 245 g/mol. The molecule has 0 atom stereocenters. The molecule has 1 aromatic carbocycles. The van der Waals surface area contributed by atoms with E-state index in [9.17, 15) is 0 Å². The van der Waals surface area contributed by atoms with Crippen LogP contribution in [0.3, 0.4) is 0 Å². The van der Waals surface area contributed by atoms with Gasteiger partial charge in [0.15, 0.2) is 5.96 Å². The predicted molar refractivity (Wildman–Crippen MR) is 77.2 cm³/mol. The zero-order chi connectivity index (χ0) is 13.0. The summed E-state index contributed by atoms with van der Waals surface area (Å²) in [6, 6.07) is 8.55. The van der Waals surface area contributed by atoms with Crippen molar-refractivity contribution in [3.8, 4) is 0 Å². The minimum absolute atomic E-state index is 0.542. The second kappa shape index (κ2) is 5.89. The van der Waals surface area contributed by atoms with Crippen molar-refractivity contribution in [2.75, 3.05) is 14.1 Å². The summed E-state index contributed by atoms with van der Waals surface area (Å²) >= 11 is 0. The lowest BCUT2D eigenvalue weighted by Crippen LogP contribution is -2.29. The van der Waals surface area contributed by atoms with Crippen LogP contribution in [0.2, 0.25) is 0 Å². The van der Waals surface area contributed by atoms with E-state index in [1.54, 1.807) is 0 Å². The molecule has 2 N–H and O–H groups in total. The van der Waals surface area contributed by atoms with Crippen LogP contribution in [0.5, 0.6) is 0 Å². The number of nitrogens with zero attached hydrogens (tertiary/aromatic N) is 2. The van der Waals surface area contributed by atoms with Gasteiger partial charge in [-0.1, -0.05) is 31.4 Å². The molecular weight excluding hydrogens is 222 g/mol. The van der Waals surface area contributed by atoms with Crippen molar-refractivity contribution < 1.29 is 0 Å². The van der Waals surface area contributed by atoms with Gasteiger partial charge in [0.1, 0.15) is 0 Å². The summed E-state index contributed by atoms with van der Waals surface area (Å²) in [7, 11) is 3.80. The van der Waals surface area contributed by atoms with Gasteiger partial charge >= 0.3 is 0 Å². The first-order valence-corrected chi connectivity index (χ1v) is 6.78. The predicted octanol–water partition coefficient (Wildman–Crippen LogP) is 3.24. The third kappa shape index (κ3) is 3.25. The zero-order valence-electron chi connectivity index (χ0n) is 11.4. The average molecular weight is 245 g/mol. The lowest BCUT2D eigenvalue weighted by atomic mass is 9.84. The largest absolute Gasteiger partial charge is 0.370 e. The summed E-state index contributed by atoms with van der Waals surface area (Å²) < 4.78 is 0. The summed E-state index contributed by atoms with van der Waals surface area (Å²) in [4.78, 5) is 6.18. The number of nitrogens with two attached hydrogens (primary N) is 1. The maximum atomic E-state index is 5.81. The quantitative estimate of drug-likeness (QED) is 0.642. The Balaban J connectivity index is 2.07. The molecule has 1 fully saturated rings. The van der Waals surface area contributed by atoms with Gasteiger partial charge in [0.25, 0.3) is 0 Å². The van der Waals surface area contributed by atoms with Crippen LogP contribution < -0.4 is 5.73 Å². The third-order valence-corrected chi connectivity index (χ3v) is 3.67. The molecule has 0 spiro atoms. The maximum Gasteiger partial charge on any atom is 0.195 e. The maximum absolute atomic E-state index is 5.81. The second-order valence-electron chi connectivity index (χ2n) is 5.29. The lowest BCUT2D eigenvalue weighted by Gasteiger charge is -2.21. The Morgan fingerprint density at radius 1 is 1.11 bits per heavy atom. The highest BCUT2D eigenvalue weighted by Gasteiger charge is 2.14. The fourth-order valence-electron chi connectivity index (χ4n) is 2.49. The molecule has 2 rings (SSSR count). The average Bonchev–Trinajstić information content (AvgIpc) is 2.40. The molecule has 0 aliphatic heterocycles. The van der Waals surface area contributed by atoms with E-state index in [1.807, 2.05) is 19.0 Å². The first kappa shape index (κ1) is 12.9. The zero-order valence-corrected chi connectivity index (χ0v) is 11.4. The highest BCUT2D eigenvalue weighted by Crippen LogP contribution is 2.33. The van der Waals surface area contributed by atoms with Gasteiger partial charge in [0.05, 0.1) is 5.69 Å². The standard InChI is InChI=1S/C15H23N3/c1-18(2)15(16)17-14-10-8-13(9-11-14)12-6-4-3-5-7-12/h8-12H,3-7H2,1-2H3,(H2,16,17). The van der Waals surface area contributed by atoms with Gasteiger partial charge in [-0.3, -0.25) is 0 Å². The van der Waals surface area contributed by atoms with Gasteiger partial charge in [-0.2, -0.15) is 0 Å². The number of aliphatic imine (C=N–C) groups is 1. The third-order valence-electron chi connectivity index (χ3n) is 3.67. The normalized spacial score (nSPS) is 17.8. The molecular formula is C15H23N3. The Kier molecular flexibility index (Phi) is 4.24. The molecule has 1 saturated carbocycles. The van der Waals surface area contributed by atoms with E-state index in [0.717, 1.165) is 11.6 Å². The van der Waals surface area contributed by atoms with Crippen LogP contribution in [0.1, 0.15) is 43.6 Å². The smallest absolute Gasteiger partial charge is 0.195 e. The lowest BCUT2D eigenvalue weighted by molar-refractivity contribution is 0.443. The van der Waals surface area contributed by atoms with Crippen molar-refractivity contribution in [1.82, 2.24) is 4.90 Å². The Morgan fingerprint density at radius 3 is 2.28 bits per heavy atom. The van der Waals surface area contributed by atoms with E-state index in [4.69, 9.17) is 5.73 Å². The van der Waals surface area contributed by atoms with Crippen molar-refractivity contribution in [1.29, 1.82) is 0 Å². The van der Waals surface area contributed by atoms with E-state index >= 15 is 0 Å². The second-order valence-corrected chi connectivity index (χ2v) is 5.29. The van der Waals surface area contributed by atoms with Crippen molar-refractivity contribution in [3.63, 3.8) is 0 Å². The molecule has 98 valence electrons. The van der Waals surface area contributed by atoms with Crippen LogP contribution in [0.25, 0.3) is 0 Å². The van der Waals surface area contributed by atoms with E-state index in [0.29, 0.717) is 5.96 Å². The highest BCUT2D eigenvalue weighted by atomic mass is 15.2. The van der Waals surface area contributed by atoms with Gasteiger partial charge in [-0.05, 0) is 36.5 Å². The molecule has 3 nitrogen and oxygen atoms in total. The van der Waals surface area contributed by atoms with Crippen molar-refractivity contribution in [3.05, 3.63) is 29.8 Å². The highest BCUT2D eigenvalue weighted by molar-refractivity contribution is 5.80. The fourth-order valence-corrected chi connectivity index (χ4v) is 2.49. The molecule has 0 saturated heterocycles. The Hall–Kier alpha value is -1.51. The Bertz CT molecular complexity index is 400. The van der Waals surface area contributed by atoms with Crippen LogP contribution in [0.15, 0.2) is 29.3 Å². The minimum atomic E-state index is 0.542.